The fraction of sp³-hybridized carbons (Fsp3) is 0.600. The molecule has 1 heterocycles. The van der Waals surface area contributed by atoms with Gasteiger partial charge >= 0.3 is 0 Å². The lowest BCUT2D eigenvalue weighted by molar-refractivity contribution is 0.0692. The number of nitrogens with zero attached hydrogens (tertiary/aromatic N) is 1. The van der Waals surface area contributed by atoms with Crippen molar-refractivity contribution in [1.29, 1.82) is 0 Å². The first-order valence-corrected chi connectivity index (χ1v) is 4.67. The maximum atomic E-state index is 9.72. The second-order valence-electron chi connectivity index (χ2n) is 3.66. The van der Waals surface area contributed by atoms with E-state index in [9.17, 15) is 5.11 Å². The third-order valence-corrected chi connectivity index (χ3v) is 2.21. The van der Waals surface area contributed by atoms with E-state index in [4.69, 9.17) is 10.2 Å². The summed E-state index contributed by atoms with van der Waals surface area (Å²) >= 11 is 0. The SMILES string of the molecule is Cc1ccc(C(C(O)CN)N(C)C)o1. The van der Waals surface area contributed by atoms with Gasteiger partial charge in [0.15, 0.2) is 0 Å². The zero-order valence-corrected chi connectivity index (χ0v) is 8.90. The highest BCUT2D eigenvalue weighted by molar-refractivity contribution is 5.11. The van der Waals surface area contributed by atoms with Crippen LogP contribution in [0.5, 0.6) is 0 Å². The minimum absolute atomic E-state index is 0.173. The summed E-state index contributed by atoms with van der Waals surface area (Å²) in [4.78, 5) is 1.90. The molecule has 4 nitrogen and oxygen atoms in total. The van der Waals surface area contributed by atoms with E-state index in [1.165, 1.54) is 0 Å². The molecule has 4 heteroatoms. The molecule has 1 aromatic rings. The Kier molecular flexibility index (Phi) is 3.69. The summed E-state index contributed by atoms with van der Waals surface area (Å²) in [6, 6.07) is 3.59. The van der Waals surface area contributed by atoms with Gasteiger partial charge in [-0.1, -0.05) is 0 Å². The number of nitrogens with two attached hydrogens (primary N) is 1. The third kappa shape index (κ3) is 2.35. The Bertz CT molecular complexity index is 283. The molecule has 0 amide bonds. The van der Waals surface area contributed by atoms with Crippen molar-refractivity contribution in [2.24, 2.45) is 5.73 Å². The third-order valence-electron chi connectivity index (χ3n) is 2.21. The van der Waals surface area contributed by atoms with Crippen molar-refractivity contribution >= 4 is 0 Å². The van der Waals surface area contributed by atoms with Crippen molar-refractivity contribution in [3.8, 4) is 0 Å². The Labute approximate surface area is 84.3 Å². The monoisotopic (exact) mass is 198 g/mol. The molecule has 3 N–H and O–H groups in total. The summed E-state index contributed by atoms with van der Waals surface area (Å²) in [5.41, 5.74) is 5.44. The number of likely N-dealkylation sites (N-methyl/N-ethyl adjacent to an activating group) is 1. The molecule has 0 aliphatic heterocycles. The molecule has 0 saturated carbocycles. The van der Waals surface area contributed by atoms with Crippen LogP contribution in [0.3, 0.4) is 0 Å². The maximum absolute atomic E-state index is 9.72. The minimum Gasteiger partial charge on any atom is -0.465 e. The number of aliphatic hydroxyl groups is 1. The van der Waals surface area contributed by atoms with Gasteiger partial charge in [0, 0.05) is 6.54 Å². The second kappa shape index (κ2) is 4.59. The van der Waals surface area contributed by atoms with Gasteiger partial charge in [-0.3, -0.25) is 4.90 Å². The van der Waals surface area contributed by atoms with E-state index in [0.29, 0.717) is 0 Å². The quantitative estimate of drug-likeness (QED) is 0.740. The van der Waals surface area contributed by atoms with Crippen LogP contribution in [0, 0.1) is 6.92 Å². The topological polar surface area (TPSA) is 62.6 Å². The molecule has 1 rings (SSSR count). The molecule has 0 aromatic carbocycles. The van der Waals surface area contributed by atoms with Gasteiger partial charge in [-0.05, 0) is 33.2 Å². The molecular formula is C10H18N2O2. The van der Waals surface area contributed by atoms with Crippen LogP contribution in [0.25, 0.3) is 0 Å². The normalized spacial score (nSPS) is 15.9. The average molecular weight is 198 g/mol. The number of hydrogen-bond donors (Lipinski definition) is 2. The molecule has 14 heavy (non-hydrogen) atoms. The van der Waals surface area contributed by atoms with Crippen LogP contribution in [-0.2, 0) is 0 Å². The zero-order chi connectivity index (χ0) is 10.7. The van der Waals surface area contributed by atoms with Gasteiger partial charge in [-0.25, -0.2) is 0 Å². The van der Waals surface area contributed by atoms with Crippen LogP contribution in [0.1, 0.15) is 17.6 Å². The number of furan rings is 1. The van der Waals surface area contributed by atoms with Crippen molar-refractivity contribution in [1.82, 2.24) is 4.90 Å². The van der Waals surface area contributed by atoms with Gasteiger partial charge in [0.05, 0.1) is 12.1 Å². The first-order chi connectivity index (χ1) is 6.56. The van der Waals surface area contributed by atoms with Gasteiger partial charge in [0.1, 0.15) is 11.5 Å². The lowest BCUT2D eigenvalue weighted by Gasteiger charge is -2.26. The second-order valence-corrected chi connectivity index (χ2v) is 3.66. The summed E-state index contributed by atoms with van der Waals surface area (Å²) < 4.78 is 5.47. The van der Waals surface area contributed by atoms with Crippen LogP contribution >= 0.6 is 0 Å². The number of rotatable bonds is 4. The van der Waals surface area contributed by atoms with Gasteiger partial charge in [0.25, 0.3) is 0 Å². The van der Waals surface area contributed by atoms with Crippen molar-refractivity contribution < 1.29 is 9.52 Å². The Balaban J connectivity index is 2.88. The van der Waals surface area contributed by atoms with Crippen LogP contribution < -0.4 is 5.73 Å². The Hall–Kier alpha value is -0.840. The Morgan fingerprint density at radius 2 is 2.14 bits per heavy atom. The molecule has 0 bridgehead atoms. The first-order valence-electron chi connectivity index (χ1n) is 4.67. The average Bonchev–Trinajstić information content (AvgIpc) is 2.51. The standard InChI is InChI=1S/C10H18N2O2/c1-7-4-5-9(14-7)10(12(2)3)8(13)6-11/h4-5,8,10,13H,6,11H2,1-3H3. The molecule has 0 aliphatic carbocycles. The van der Waals surface area contributed by atoms with Crippen molar-refractivity contribution in [3.63, 3.8) is 0 Å². The van der Waals surface area contributed by atoms with Gasteiger partial charge < -0.3 is 15.3 Å². The predicted molar refractivity (Wildman–Crippen MR) is 54.9 cm³/mol. The lowest BCUT2D eigenvalue weighted by Crippen LogP contribution is -2.35. The molecule has 0 radical (unpaired) electrons. The lowest BCUT2D eigenvalue weighted by atomic mass is 10.1. The molecule has 2 unspecified atom stereocenters. The van der Waals surface area contributed by atoms with E-state index in [1.807, 2.05) is 38.1 Å². The largest absolute Gasteiger partial charge is 0.465 e. The van der Waals surface area contributed by atoms with Crippen LogP contribution in [0.15, 0.2) is 16.5 Å². The molecule has 1 aromatic heterocycles. The Morgan fingerprint density at radius 3 is 2.50 bits per heavy atom. The predicted octanol–water partition coefficient (Wildman–Crippen LogP) is 0.510. The van der Waals surface area contributed by atoms with E-state index in [0.717, 1.165) is 11.5 Å². The highest BCUT2D eigenvalue weighted by Gasteiger charge is 2.24. The molecule has 0 saturated heterocycles. The maximum Gasteiger partial charge on any atom is 0.123 e. The summed E-state index contributed by atoms with van der Waals surface area (Å²) in [5.74, 6) is 1.60. The first kappa shape index (κ1) is 11.2. The van der Waals surface area contributed by atoms with Crippen LogP contribution in [0.4, 0.5) is 0 Å². The highest BCUT2D eigenvalue weighted by Crippen LogP contribution is 2.23. The summed E-state index contributed by atoms with van der Waals surface area (Å²) in [7, 11) is 3.78. The van der Waals surface area contributed by atoms with Crippen molar-refractivity contribution in [2.75, 3.05) is 20.6 Å². The fourth-order valence-electron chi connectivity index (χ4n) is 1.53. The fourth-order valence-corrected chi connectivity index (χ4v) is 1.53. The number of aryl methyl sites for hydroxylation is 1. The van der Waals surface area contributed by atoms with E-state index < -0.39 is 6.10 Å². The van der Waals surface area contributed by atoms with Crippen LogP contribution in [-0.4, -0.2) is 36.8 Å². The molecule has 0 fully saturated rings. The number of aliphatic hydroxyl groups excluding tert-OH is 1. The molecule has 80 valence electrons. The van der Waals surface area contributed by atoms with Gasteiger partial charge in [-0.2, -0.15) is 0 Å². The Morgan fingerprint density at radius 1 is 1.50 bits per heavy atom. The molecule has 2 atom stereocenters. The van der Waals surface area contributed by atoms with Crippen molar-refractivity contribution in [3.05, 3.63) is 23.7 Å². The molecule has 0 aliphatic rings. The van der Waals surface area contributed by atoms with Gasteiger partial charge in [0.2, 0.25) is 0 Å². The van der Waals surface area contributed by atoms with E-state index in [2.05, 4.69) is 0 Å². The summed E-state index contributed by atoms with van der Waals surface area (Å²) in [5, 5.41) is 9.72. The minimum atomic E-state index is -0.601. The molecule has 0 spiro atoms. The van der Waals surface area contributed by atoms with E-state index >= 15 is 0 Å². The van der Waals surface area contributed by atoms with Gasteiger partial charge in [-0.15, -0.1) is 0 Å². The molecular weight excluding hydrogens is 180 g/mol. The highest BCUT2D eigenvalue weighted by atomic mass is 16.3. The van der Waals surface area contributed by atoms with E-state index in [1.54, 1.807) is 0 Å². The summed E-state index contributed by atoms with van der Waals surface area (Å²) in [6.45, 7) is 2.10. The van der Waals surface area contributed by atoms with Crippen molar-refractivity contribution in [2.45, 2.75) is 19.1 Å². The summed E-state index contributed by atoms with van der Waals surface area (Å²) in [6.07, 6.45) is -0.601. The smallest absolute Gasteiger partial charge is 0.123 e. The van der Waals surface area contributed by atoms with Crippen LogP contribution in [0.2, 0.25) is 0 Å². The van der Waals surface area contributed by atoms with E-state index in [-0.39, 0.29) is 12.6 Å². The zero-order valence-electron chi connectivity index (χ0n) is 8.90. The number of hydrogen-bond acceptors (Lipinski definition) is 4.